The van der Waals surface area contributed by atoms with Crippen LogP contribution in [0.4, 0.5) is 5.69 Å². The van der Waals surface area contributed by atoms with Gasteiger partial charge in [0.15, 0.2) is 0 Å². The first-order chi connectivity index (χ1) is 16.8. The van der Waals surface area contributed by atoms with E-state index in [-0.39, 0.29) is 43.8 Å². The lowest BCUT2D eigenvalue weighted by atomic mass is 10.1. The number of sulfonamides is 1. The first-order valence-corrected chi connectivity index (χ1v) is 14.5. The number of hydrogen-bond acceptors (Lipinski definition) is 4. The minimum Gasteiger partial charge on any atom is -0.352 e. The van der Waals surface area contributed by atoms with E-state index in [4.69, 9.17) is 23.2 Å². The molecule has 0 radical (unpaired) electrons. The van der Waals surface area contributed by atoms with Crippen molar-refractivity contribution in [1.29, 1.82) is 0 Å². The Labute approximate surface area is 224 Å². The predicted octanol–water partition coefficient (Wildman–Crippen LogP) is 5.18. The Kier molecular flexibility index (Phi) is 11.1. The zero-order chi connectivity index (χ0) is 27.0. The second-order valence-corrected chi connectivity index (χ2v) is 11.8. The van der Waals surface area contributed by atoms with Crippen molar-refractivity contribution in [3.63, 3.8) is 0 Å². The lowest BCUT2D eigenvalue weighted by Crippen LogP contribution is -2.49. The topological polar surface area (TPSA) is 86.8 Å². The van der Waals surface area contributed by atoms with E-state index in [0.717, 1.165) is 23.8 Å². The van der Waals surface area contributed by atoms with Crippen LogP contribution in [-0.4, -0.2) is 50.0 Å². The summed E-state index contributed by atoms with van der Waals surface area (Å²) in [5, 5.41) is 3.69. The number of carbonyl (C=O) groups is 2. The Morgan fingerprint density at radius 1 is 1.06 bits per heavy atom. The molecule has 0 aliphatic carbocycles. The second-order valence-electron chi connectivity index (χ2n) is 9.04. The summed E-state index contributed by atoms with van der Waals surface area (Å²) in [6.45, 7) is 7.75. The quantitative estimate of drug-likeness (QED) is 0.391. The van der Waals surface area contributed by atoms with Gasteiger partial charge in [-0.1, -0.05) is 48.3 Å². The summed E-state index contributed by atoms with van der Waals surface area (Å²) in [6.07, 6.45) is 2.27. The van der Waals surface area contributed by atoms with E-state index in [1.54, 1.807) is 43.3 Å². The highest BCUT2D eigenvalue weighted by atomic mass is 35.5. The monoisotopic (exact) mass is 555 g/mol. The van der Waals surface area contributed by atoms with Gasteiger partial charge in [0.25, 0.3) is 0 Å². The number of nitrogens with one attached hydrogen (secondary N) is 1. The molecule has 7 nitrogen and oxygen atoms in total. The van der Waals surface area contributed by atoms with E-state index < -0.39 is 16.1 Å². The van der Waals surface area contributed by atoms with Crippen molar-refractivity contribution in [2.75, 3.05) is 17.1 Å². The minimum absolute atomic E-state index is 0.0282. The molecule has 0 bridgehead atoms. The molecule has 198 valence electrons. The zero-order valence-electron chi connectivity index (χ0n) is 21.4. The van der Waals surface area contributed by atoms with Crippen LogP contribution < -0.4 is 9.62 Å². The molecule has 1 N–H and O–H groups in total. The number of carbonyl (C=O) groups excluding carboxylic acids is 2. The highest BCUT2D eigenvalue weighted by Crippen LogP contribution is 2.24. The van der Waals surface area contributed by atoms with Crippen molar-refractivity contribution >= 4 is 50.7 Å². The summed E-state index contributed by atoms with van der Waals surface area (Å²) >= 11 is 12.2. The maximum Gasteiger partial charge on any atom is 0.242 e. The molecule has 0 spiro atoms. The summed E-state index contributed by atoms with van der Waals surface area (Å²) in [7, 11) is -3.54. The standard InChI is InChI=1S/C26H35Cl2N3O4S/c1-6-19(3)29-26(33)20(4)30(17-21-12-13-23(27)24(28)16-21)25(32)11-8-14-31(36(5,34)35)22-10-7-9-18(2)15-22/h7,9-10,12-13,15-16,19-20H,6,8,11,14,17H2,1-5H3,(H,29,33)/t19-,20-/m0/s1. The molecule has 10 heteroatoms. The third kappa shape index (κ3) is 8.68. The van der Waals surface area contributed by atoms with Gasteiger partial charge in [0.2, 0.25) is 21.8 Å². The van der Waals surface area contributed by atoms with Gasteiger partial charge in [-0.25, -0.2) is 8.42 Å². The maximum atomic E-state index is 13.3. The fourth-order valence-electron chi connectivity index (χ4n) is 3.67. The van der Waals surface area contributed by atoms with E-state index in [2.05, 4.69) is 5.32 Å². The SMILES string of the molecule is CC[C@H](C)NC(=O)[C@H](C)N(Cc1ccc(Cl)c(Cl)c1)C(=O)CCCN(c1cccc(C)c1)S(C)(=O)=O. The van der Waals surface area contributed by atoms with Crippen LogP contribution in [-0.2, 0) is 26.2 Å². The number of halogens is 2. The van der Waals surface area contributed by atoms with Crippen molar-refractivity contribution in [3.8, 4) is 0 Å². The highest BCUT2D eigenvalue weighted by Gasteiger charge is 2.27. The Bertz CT molecular complexity index is 1170. The number of benzene rings is 2. The van der Waals surface area contributed by atoms with Gasteiger partial charge < -0.3 is 10.2 Å². The molecule has 0 saturated heterocycles. The Morgan fingerprint density at radius 3 is 2.33 bits per heavy atom. The van der Waals surface area contributed by atoms with E-state index >= 15 is 0 Å². The van der Waals surface area contributed by atoms with Crippen LogP contribution in [0.15, 0.2) is 42.5 Å². The Morgan fingerprint density at radius 2 is 1.75 bits per heavy atom. The molecule has 36 heavy (non-hydrogen) atoms. The maximum absolute atomic E-state index is 13.3. The van der Waals surface area contributed by atoms with Crippen LogP contribution >= 0.6 is 23.2 Å². The zero-order valence-corrected chi connectivity index (χ0v) is 23.8. The molecule has 0 aromatic heterocycles. The van der Waals surface area contributed by atoms with Gasteiger partial charge in [-0.15, -0.1) is 0 Å². The van der Waals surface area contributed by atoms with Gasteiger partial charge in [0.1, 0.15) is 6.04 Å². The highest BCUT2D eigenvalue weighted by molar-refractivity contribution is 7.92. The number of hydrogen-bond donors (Lipinski definition) is 1. The van der Waals surface area contributed by atoms with Crippen molar-refractivity contribution < 1.29 is 18.0 Å². The van der Waals surface area contributed by atoms with E-state index in [1.807, 2.05) is 26.8 Å². The third-order valence-electron chi connectivity index (χ3n) is 5.95. The normalized spacial score (nSPS) is 13.1. The van der Waals surface area contributed by atoms with Gasteiger partial charge in [0, 0.05) is 25.6 Å². The molecule has 0 aliphatic rings. The van der Waals surface area contributed by atoms with Gasteiger partial charge in [0.05, 0.1) is 22.0 Å². The molecule has 2 amide bonds. The first kappa shape index (κ1) is 29.9. The van der Waals surface area contributed by atoms with Gasteiger partial charge >= 0.3 is 0 Å². The molecular formula is C26H35Cl2N3O4S. The third-order valence-corrected chi connectivity index (χ3v) is 7.88. The van der Waals surface area contributed by atoms with Crippen LogP contribution in [0.5, 0.6) is 0 Å². The van der Waals surface area contributed by atoms with Crippen LogP contribution in [0.1, 0.15) is 51.2 Å². The lowest BCUT2D eigenvalue weighted by molar-refractivity contribution is -0.140. The van der Waals surface area contributed by atoms with Crippen LogP contribution in [0, 0.1) is 6.92 Å². The number of nitrogens with zero attached hydrogens (tertiary/aromatic N) is 2. The molecule has 0 saturated carbocycles. The lowest BCUT2D eigenvalue weighted by Gasteiger charge is -2.30. The molecule has 2 aromatic carbocycles. The number of rotatable bonds is 12. The number of anilines is 1. The van der Waals surface area contributed by atoms with E-state index in [9.17, 15) is 18.0 Å². The van der Waals surface area contributed by atoms with Crippen LogP contribution in [0.3, 0.4) is 0 Å². The Balaban J connectivity index is 2.20. The van der Waals surface area contributed by atoms with Crippen molar-refractivity contribution in [2.24, 2.45) is 0 Å². The molecule has 0 heterocycles. The molecule has 0 unspecified atom stereocenters. The summed E-state index contributed by atoms with van der Waals surface area (Å²) in [5.41, 5.74) is 2.23. The molecule has 0 aliphatic heterocycles. The Hall–Kier alpha value is -2.29. The summed E-state index contributed by atoms with van der Waals surface area (Å²) in [6, 6.07) is 11.5. The summed E-state index contributed by atoms with van der Waals surface area (Å²) in [5.74, 6) is -0.513. The van der Waals surface area contributed by atoms with Crippen molar-refractivity contribution in [1.82, 2.24) is 10.2 Å². The molecule has 2 aromatic rings. The van der Waals surface area contributed by atoms with Crippen LogP contribution in [0.2, 0.25) is 10.0 Å². The molecular weight excluding hydrogens is 521 g/mol. The molecule has 2 rings (SSSR count). The van der Waals surface area contributed by atoms with E-state index in [1.165, 1.54) is 9.21 Å². The summed E-state index contributed by atoms with van der Waals surface area (Å²) < 4.78 is 26.2. The molecule has 2 atom stereocenters. The molecule has 0 fully saturated rings. The van der Waals surface area contributed by atoms with E-state index in [0.29, 0.717) is 15.7 Å². The van der Waals surface area contributed by atoms with Crippen molar-refractivity contribution in [3.05, 3.63) is 63.6 Å². The average Bonchev–Trinajstić information content (AvgIpc) is 2.80. The summed E-state index contributed by atoms with van der Waals surface area (Å²) in [4.78, 5) is 27.7. The van der Waals surface area contributed by atoms with Crippen molar-refractivity contribution in [2.45, 2.75) is 65.6 Å². The number of aryl methyl sites for hydroxylation is 1. The fraction of sp³-hybridized carbons (Fsp3) is 0.462. The largest absolute Gasteiger partial charge is 0.352 e. The van der Waals surface area contributed by atoms with Gasteiger partial charge in [-0.3, -0.25) is 13.9 Å². The smallest absolute Gasteiger partial charge is 0.242 e. The van der Waals surface area contributed by atoms with Gasteiger partial charge in [-0.2, -0.15) is 0 Å². The second kappa shape index (κ2) is 13.3. The average molecular weight is 557 g/mol. The van der Waals surface area contributed by atoms with Gasteiger partial charge in [-0.05, 0) is 69.0 Å². The van der Waals surface area contributed by atoms with Crippen LogP contribution in [0.25, 0.3) is 0 Å². The number of amides is 2. The first-order valence-electron chi connectivity index (χ1n) is 11.9. The predicted molar refractivity (Wildman–Crippen MR) is 147 cm³/mol. The minimum atomic E-state index is -3.54. The fourth-order valence-corrected chi connectivity index (χ4v) is 4.95.